The van der Waals surface area contributed by atoms with E-state index in [1.165, 1.54) is 72.5 Å². The maximum absolute atomic E-state index is 12.1. The molecule has 6 aromatic carbocycles. The lowest BCUT2D eigenvalue weighted by Gasteiger charge is -2.10. The lowest BCUT2D eigenvalue weighted by molar-refractivity contribution is -0.109. The second-order valence-corrected chi connectivity index (χ2v) is 36.3. The molecule has 0 saturated carbocycles. The highest BCUT2D eigenvalue weighted by Crippen LogP contribution is 2.59. The molecule has 0 N–H and O–H groups in total. The first kappa shape index (κ1) is 74.9. The van der Waals surface area contributed by atoms with Gasteiger partial charge < -0.3 is 0 Å². The molecule has 0 amide bonds. The van der Waals surface area contributed by atoms with Gasteiger partial charge in [-0.3, -0.25) is 19.2 Å². The lowest BCUT2D eigenvalue weighted by atomic mass is 9.95. The maximum atomic E-state index is 12.1. The molecule has 0 unspecified atom stereocenters. The van der Waals surface area contributed by atoms with Gasteiger partial charge in [0.25, 0.3) is 0 Å². The van der Waals surface area contributed by atoms with Gasteiger partial charge in [0, 0.05) is 91.8 Å². The predicted molar refractivity (Wildman–Crippen MR) is 427 cm³/mol. The van der Waals surface area contributed by atoms with Crippen molar-refractivity contribution in [2.75, 3.05) is 23.0 Å². The van der Waals surface area contributed by atoms with Crippen LogP contribution in [0.3, 0.4) is 0 Å². The van der Waals surface area contributed by atoms with E-state index in [1.807, 2.05) is 191 Å². The van der Waals surface area contributed by atoms with Gasteiger partial charge in [-0.1, -0.05) is 207 Å². The number of rotatable bonds is 24. The van der Waals surface area contributed by atoms with E-state index in [2.05, 4.69) is 124 Å². The molecule has 0 atom stereocenters. The highest BCUT2D eigenvalue weighted by atomic mass is 32.3. The minimum absolute atomic E-state index is 0.0206. The normalized spacial score (nSPS) is 12.6. The molecule has 0 bridgehead atoms. The minimum atomic E-state index is 0.0206. The van der Waals surface area contributed by atoms with Crippen molar-refractivity contribution in [1.29, 1.82) is 0 Å². The number of unbranched alkanes of at least 4 members (excludes halogenated alkanes) is 4. The summed E-state index contributed by atoms with van der Waals surface area (Å²) in [4.78, 5) is 51.7. The van der Waals surface area contributed by atoms with E-state index in [0.29, 0.717) is 0 Å². The largest absolute Gasteiger partial charge is 0.287 e. The van der Waals surface area contributed by atoms with E-state index >= 15 is 0 Å². The molecule has 2 heterocycles. The molecule has 0 aliphatic carbocycles. The molecule has 2 aliphatic heterocycles. The van der Waals surface area contributed by atoms with Crippen LogP contribution in [0.2, 0.25) is 0 Å². The molecule has 0 saturated heterocycles. The van der Waals surface area contributed by atoms with Crippen molar-refractivity contribution in [3.8, 4) is 47.4 Å². The number of hydrogen-bond acceptors (Lipinski definition) is 16. The molecule has 0 fully saturated rings. The fourth-order valence-corrected chi connectivity index (χ4v) is 23.1. The summed E-state index contributed by atoms with van der Waals surface area (Å²) in [5, 5.41) is 0.0915. The zero-order chi connectivity index (χ0) is 66.6. The fraction of sp³-hybridized carbons (Fsp3) is 0.256. The van der Waals surface area contributed by atoms with Crippen LogP contribution < -0.4 is 0 Å². The molecule has 4 nitrogen and oxygen atoms in total. The molecule has 2 aliphatic rings. The molecule has 8 rings (SSSR count). The number of carbonyl (C=O) groups is 4. The second kappa shape index (κ2) is 40.1. The first-order chi connectivity index (χ1) is 45.6. The first-order valence-electron chi connectivity index (χ1n) is 31.0. The summed E-state index contributed by atoms with van der Waals surface area (Å²) in [7, 11) is 0. The molecular weight excluding hydrogens is 1390 g/mol. The average molecular weight is 1460 g/mol. The zero-order valence-electron chi connectivity index (χ0n) is 53.9. The van der Waals surface area contributed by atoms with Gasteiger partial charge in [-0.05, 0) is 204 Å². The highest BCUT2D eigenvalue weighted by Gasteiger charge is 2.25. The Kier molecular flexibility index (Phi) is 32.0. The van der Waals surface area contributed by atoms with Crippen LogP contribution in [-0.4, -0.2) is 43.5 Å². The van der Waals surface area contributed by atoms with E-state index < -0.39 is 0 Å². The van der Waals surface area contributed by atoms with Crippen LogP contribution in [0, 0.1) is 47.4 Å². The van der Waals surface area contributed by atoms with Crippen LogP contribution in [0.1, 0.15) is 174 Å². The predicted octanol–water partition coefficient (Wildman–Crippen LogP) is 24.0. The Bertz CT molecular complexity index is 3830. The van der Waals surface area contributed by atoms with Crippen LogP contribution in [-0.2, 0) is 19.2 Å². The Morgan fingerprint density at radius 3 is 0.777 bits per heavy atom. The van der Waals surface area contributed by atoms with Gasteiger partial charge in [-0.25, -0.2) is 0 Å². The second-order valence-electron chi connectivity index (χ2n) is 21.2. The van der Waals surface area contributed by atoms with Gasteiger partial charge in [0.15, 0.2) is 20.5 Å². The minimum Gasteiger partial charge on any atom is -0.287 e. The van der Waals surface area contributed by atoms with Gasteiger partial charge >= 0.3 is 0 Å². The van der Waals surface area contributed by atoms with Crippen LogP contribution in [0.4, 0.5) is 0 Å². The Labute approximate surface area is 609 Å². The van der Waals surface area contributed by atoms with Crippen molar-refractivity contribution in [3.63, 3.8) is 0 Å². The number of thioether (sulfide) groups is 12. The summed E-state index contributed by atoms with van der Waals surface area (Å²) < 4.78 is 7.80. The topological polar surface area (TPSA) is 68.3 Å². The maximum Gasteiger partial charge on any atom is 0.190 e. The molecule has 480 valence electrons. The van der Waals surface area contributed by atoms with Gasteiger partial charge in [-0.15, -0.1) is 47.0 Å². The van der Waals surface area contributed by atoms with Crippen LogP contribution >= 0.6 is 141 Å². The standard InChI is InChI=1S/C78H72O4S12/c1-9-13-43-83-75-76(84-44-14-10-2)92-73(91-75)51-67-49-61(29-17-57-21-35-69(36-22-57)87-53(5)79)63(47-65(67)31-19-59-25-39-71(40-26-59)89-55(7)81)33-34-64-48-66(32-20-60-27-41-72(42-28-60)90-56(8)82)68(50-62(64)30-18-58-23-37-70(38-24-58)88-54(6)80)52-74-93-77(85-45-15-11-3)78(94-74)86-46-16-12-4/h21-28,33-42,47-52H,9-16,43-46H2,1-8H3/b34-33+. The Morgan fingerprint density at radius 1 is 0.330 bits per heavy atom. The van der Waals surface area contributed by atoms with E-state index in [0.717, 1.165) is 161 Å². The quantitative estimate of drug-likeness (QED) is 0.0250. The summed E-state index contributed by atoms with van der Waals surface area (Å²) in [5.74, 6) is 32.6. The summed E-state index contributed by atoms with van der Waals surface area (Å²) in [6.45, 7) is 15.3. The summed E-state index contributed by atoms with van der Waals surface area (Å²) in [6, 6.07) is 39.8. The van der Waals surface area contributed by atoms with E-state index in [4.69, 9.17) is 0 Å². The fourth-order valence-electron chi connectivity index (χ4n) is 8.58. The highest BCUT2D eigenvalue weighted by molar-refractivity contribution is 8.41. The lowest BCUT2D eigenvalue weighted by Crippen LogP contribution is -1.93. The zero-order valence-corrected chi connectivity index (χ0v) is 63.7. The summed E-state index contributed by atoms with van der Waals surface area (Å²) in [5.41, 5.74) is 10.1. The SMILES string of the molecule is CCCCSC1=C(SCCCC)SC(=Cc2cc(C#Cc3ccc(SC(C)=O)cc3)c(/C=C/c3cc(C#Cc4ccc(SC(C)=O)cc4)c(C=C4SC(SCCCC)=C(SCCCC)S4)cc3C#Cc3ccc(SC(C)=O)cc3)cc2C#Cc2ccc(SC(C)=O)cc2)S1. The Morgan fingerprint density at radius 2 is 0.553 bits per heavy atom. The third kappa shape index (κ3) is 25.2. The van der Waals surface area contributed by atoms with Crippen molar-refractivity contribution in [2.45, 2.75) is 126 Å². The Hall–Kier alpha value is -4.86. The third-order valence-electron chi connectivity index (χ3n) is 13.3. The van der Waals surface area contributed by atoms with E-state index in [9.17, 15) is 19.2 Å². The third-order valence-corrected chi connectivity index (χ3v) is 27.6. The van der Waals surface area contributed by atoms with Crippen LogP contribution in [0.5, 0.6) is 0 Å². The van der Waals surface area contributed by atoms with Crippen LogP contribution in [0.25, 0.3) is 24.3 Å². The first-order valence-corrected chi connectivity index (χ1v) is 41.5. The molecular formula is C78H72O4S12. The summed E-state index contributed by atoms with van der Waals surface area (Å²) in [6.07, 6.45) is 18.0. The molecule has 0 aromatic heterocycles. The molecule has 0 radical (unpaired) electrons. The Balaban J connectivity index is 1.34. The number of hydrogen-bond donors (Lipinski definition) is 0. The van der Waals surface area contributed by atoms with E-state index in [1.54, 1.807) is 27.7 Å². The van der Waals surface area contributed by atoms with Crippen LogP contribution in [0.15, 0.2) is 166 Å². The molecule has 6 aromatic rings. The average Bonchev–Trinajstić information content (AvgIpc) is 1.29. The molecule has 16 heteroatoms. The van der Waals surface area contributed by atoms with Crippen molar-refractivity contribution in [3.05, 3.63) is 214 Å². The smallest absolute Gasteiger partial charge is 0.190 e. The molecule has 94 heavy (non-hydrogen) atoms. The summed E-state index contributed by atoms with van der Waals surface area (Å²) >= 11 is 20.0. The van der Waals surface area contributed by atoms with Gasteiger partial charge in [-0.2, -0.15) is 0 Å². The monoisotopic (exact) mass is 1460 g/mol. The van der Waals surface area contributed by atoms with Crippen molar-refractivity contribution in [1.82, 2.24) is 0 Å². The molecule has 0 spiro atoms. The van der Waals surface area contributed by atoms with Gasteiger partial charge in [0.05, 0.1) is 25.4 Å². The van der Waals surface area contributed by atoms with E-state index in [-0.39, 0.29) is 20.5 Å². The van der Waals surface area contributed by atoms with Crippen molar-refractivity contribution in [2.24, 2.45) is 0 Å². The number of carbonyl (C=O) groups excluding carboxylic acids is 4. The van der Waals surface area contributed by atoms with Crippen molar-refractivity contribution >= 4 is 186 Å². The van der Waals surface area contributed by atoms with Gasteiger partial charge in [0.1, 0.15) is 0 Å². The van der Waals surface area contributed by atoms with Gasteiger partial charge in [0.2, 0.25) is 0 Å². The van der Waals surface area contributed by atoms with Crippen molar-refractivity contribution < 1.29 is 19.2 Å². The number of benzene rings is 6.